The average Bonchev–Trinajstić information content (AvgIpc) is 3.09. The van der Waals surface area contributed by atoms with Gasteiger partial charge < -0.3 is 0 Å². The summed E-state index contributed by atoms with van der Waals surface area (Å²) in [6.07, 6.45) is -4.42. The van der Waals surface area contributed by atoms with Gasteiger partial charge in [-0.15, -0.1) is 10.2 Å². The van der Waals surface area contributed by atoms with Crippen molar-refractivity contribution < 1.29 is 18.0 Å². The molecule has 0 aliphatic heterocycles. The van der Waals surface area contributed by atoms with Crippen molar-refractivity contribution in [3.05, 3.63) is 59.1 Å². The predicted octanol–water partition coefficient (Wildman–Crippen LogP) is 3.16. The maximum absolute atomic E-state index is 12.6. The van der Waals surface area contributed by atoms with Crippen LogP contribution in [0.5, 0.6) is 0 Å². The molecule has 3 aromatic rings. The molecule has 0 aliphatic carbocycles. The summed E-state index contributed by atoms with van der Waals surface area (Å²) in [6, 6.07) is 11.0. The summed E-state index contributed by atoms with van der Waals surface area (Å²) in [5.41, 5.74) is 5.36. The second-order valence-electron chi connectivity index (χ2n) is 5.40. The van der Waals surface area contributed by atoms with Gasteiger partial charge >= 0.3 is 6.18 Å². The third kappa shape index (κ3) is 4.94. The predicted molar refractivity (Wildman–Crippen MR) is 91.5 cm³/mol. The fourth-order valence-corrected chi connectivity index (χ4v) is 2.20. The standard InChI is InChI=1S/C16H12ClF3N6O/c17-12-5-7-13(8-6-12)21-22-14(27)9-26-24-15(23-25-26)10-1-3-11(4-2-10)16(18,19)20/h1-8,21H,9H2,(H,22,27). The Hall–Kier alpha value is -3.14. The summed E-state index contributed by atoms with van der Waals surface area (Å²) >= 11 is 5.77. The molecule has 0 spiro atoms. The number of hydrogen-bond acceptors (Lipinski definition) is 5. The number of tetrazole rings is 1. The van der Waals surface area contributed by atoms with E-state index in [-0.39, 0.29) is 12.4 Å². The Morgan fingerprint density at radius 1 is 1.07 bits per heavy atom. The molecule has 0 unspecified atom stereocenters. The van der Waals surface area contributed by atoms with Crippen LogP contribution in [0.2, 0.25) is 5.02 Å². The third-order valence-corrected chi connectivity index (χ3v) is 3.65. The van der Waals surface area contributed by atoms with Crippen LogP contribution in [0.3, 0.4) is 0 Å². The summed E-state index contributed by atoms with van der Waals surface area (Å²) in [6.45, 7) is -0.228. The number of alkyl halides is 3. The van der Waals surface area contributed by atoms with Crippen molar-refractivity contribution in [1.29, 1.82) is 0 Å². The lowest BCUT2D eigenvalue weighted by molar-refractivity contribution is -0.137. The molecule has 2 N–H and O–H groups in total. The third-order valence-electron chi connectivity index (χ3n) is 3.40. The number of aromatic nitrogens is 4. The molecule has 11 heteroatoms. The lowest BCUT2D eigenvalue weighted by Crippen LogP contribution is -2.33. The van der Waals surface area contributed by atoms with Crippen molar-refractivity contribution >= 4 is 23.2 Å². The van der Waals surface area contributed by atoms with Crippen LogP contribution in [-0.4, -0.2) is 26.1 Å². The van der Waals surface area contributed by atoms with E-state index < -0.39 is 17.6 Å². The van der Waals surface area contributed by atoms with Gasteiger partial charge in [-0.3, -0.25) is 15.6 Å². The van der Waals surface area contributed by atoms with Gasteiger partial charge in [-0.05, 0) is 41.6 Å². The summed E-state index contributed by atoms with van der Waals surface area (Å²) in [5.74, 6) is -0.330. The van der Waals surface area contributed by atoms with E-state index in [1.807, 2.05) is 0 Å². The van der Waals surface area contributed by atoms with E-state index >= 15 is 0 Å². The number of anilines is 1. The molecule has 0 bridgehead atoms. The number of amides is 1. The zero-order chi connectivity index (χ0) is 19.4. The van der Waals surface area contributed by atoms with E-state index in [4.69, 9.17) is 11.6 Å². The molecule has 0 saturated heterocycles. The van der Waals surface area contributed by atoms with Crippen LogP contribution in [0.4, 0.5) is 18.9 Å². The topological polar surface area (TPSA) is 84.7 Å². The van der Waals surface area contributed by atoms with Gasteiger partial charge in [0.05, 0.1) is 11.3 Å². The smallest absolute Gasteiger partial charge is 0.299 e. The normalized spacial score (nSPS) is 11.3. The van der Waals surface area contributed by atoms with Crippen molar-refractivity contribution in [2.24, 2.45) is 0 Å². The first-order valence-electron chi connectivity index (χ1n) is 7.57. The maximum atomic E-state index is 12.6. The van der Waals surface area contributed by atoms with Crippen molar-refractivity contribution in [1.82, 2.24) is 25.6 Å². The highest BCUT2D eigenvalue weighted by atomic mass is 35.5. The zero-order valence-electron chi connectivity index (χ0n) is 13.5. The van der Waals surface area contributed by atoms with Gasteiger partial charge in [0.25, 0.3) is 5.91 Å². The molecule has 2 aromatic carbocycles. The van der Waals surface area contributed by atoms with E-state index in [1.165, 1.54) is 12.1 Å². The Morgan fingerprint density at radius 3 is 2.37 bits per heavy atom. The molecule has 0 atom stereocenters. The molecular weight excluding hydrogens is 385 g/mol. The molecule has 7 nitrogen and oxygen atoms in total. The van der Waals surface area contributed by atoms with Crippen LogP contribution in [0.15, 0.2) is 48.5 Å². The van der Waals surface area contributed by atoms with Gasteiger partial charge in [0.2, 0.25) is 5.82 Å². The number of rotatable bonds is 5. The zero-order valence-corrected chi connectivity index (χ0v) is 14.3. The summed E-state index contributed by atoms with van der Waals surface area (Å²) in [7, 11) is 0. The number of halogens is 4. The summed E-state index contributed by atoms with van der Waals surface area (Å²) in [4.78, 5) is 12.9. The minimum absolute atomic E-state index is 0.113. The Balaban J connectivity index is 1.58. The van der Waals surface area contributed by atoms with Crippen molar-refractivity contribution in [2.45, 2.75) is 12.7 Å². The molecular formula is C16H12ClF3N6O. The van der Waals surface area contributed by atoms with Crippen LogP contribution in [0.1, 0.15) is 5.56 Å². The minimum atomic E-state index is -4.42. The molecule has 27 heavy (non-hydrogen) atoms. The second-order valence-corrected chi connectivity index (χ2v) is 5.84. The molecule has 140 valence electrons. The highest BCUT2D eigenvalue weighted by Gasteiger charge is 2.30. The van der Waals surface area contributed by atoms with Gasteiger partial charge in [-0.2, -0.15) is 18.0 Å². The first-order valence-corrected chi connectivity index (χ1v) is 7.95. The highest BCUT2D eigenvalue weighted by Crippen LogP contribution is 2.30. The maximum Gasteiger partial charge on any atom is 0.416 e. The number of benzene rings is 2. The van der Waals surface area contributed by atoms with Crippen molar-refractivity contribution in [2.75, 3.05) is 5.43 Å². The average molecular weight is 397 g/mol. The van der Waals surface area contributed by atoms with Gasteiger partial charge in [0, 0.05) is 10.6 Å². The molecule has 0 fully saturated rings. The Morgan fingerprint density at radius 2 is 1.74 bits per heavy atom. The van der Waals surface area contributed by atoms with E-state index in [2.05, 4.69) is 26.3 Å². The van der Waals surface area contributed by atoms with Gasteiger partial charge in [-0.1, -0.05) is 23.7 Å². The van der Waals surface area contributed by atoms with E-state index in [9.17, 15) is 18.0 Å². The first kappa shape index (κ1) is 18.6. The fourth-order valence-electron chi connectivity index (χ4n) is 2.08. The van der Waals surface area contributed by atoms with Crippen molar-refractivity contribution in [3.8, 4) is 11.4 Å². The summed E-state index contributed by atoms with van der Waals surface area (Å²) < 4.78 is 37.7. The van der Waals surface area contributed by atoms with E-state index in [1.54, 1.807) is 24.3 Å². The second kappa shape index (κ2) is 7.62. The quantitative estimate of drug-likeness (QED) is 0.647. The monoisotopic (exact) mass is 396 g/mol. The molecule has 1 amide bonds. The fraction of sp³-hybridized carbons (Fsp3) is 0.125. The van der Waals surface area contributed by atoms with Gasteiger partial charge in [0.15, 0.2) is 0 Å². The highest BCUT2D eigenvalue weighted by molar-refractivity contribution is 6.30. The minimum Gasteiger partial charge on any atom is -0.299 e. The van der Waals surface area contributed by atoms with E-state index in [0.717, 1.165) is 16.9 Å². The lowest BCUT2D eigenvalue weighted by atomic mass is 10.1. The van der Waals surface area contributed by atoms with Crippen LogP contribution in [0.25, 0.3) is 11.4 Å². The lowest BCUT2D eigenvalue weighted by Gasteiger charge is -2.07. The summed E-state index contributed by atoms with van der Waals surface area (Å²) in [5, 5.41) is 12.0. The first-order chi connectivity index (χ1) is 12.8. The molecule has 0 aliphatic rings. The Bertz CT molecular complexity index is 925. The van der Waals surface area contributed by atoms with Gasteiger partial charge in [0.1, 0.15) is 6.54 Å². The number of nitrogens with one attached hydrogen (secondary N) is 2. The molecule has 0 radical (unpaired) electrons. The Kier molecular flexibility index (Phi) is 5.26. The Labute approximate surface area is 156 Å². The van der Waals surface area contributed by atoms with Crippen LogP contribution in [-0.2, 0) is 17.5 Å². The number of hydrazine groups is 1. The van der Waals surface area contributed by atoms with Crippen LogP contribution in [0, 0.1) is 0 Å². The van der Waals surface area contributed by atoms with E-state index in [0.29, 0.717) is 16.3 Å². The molecule has 1 heterocycles. The number of nitrogens with zero attached hydrogens (tertiary/aromatic N) is 4. The number of carbonyl (C=O) groups excluding carboxylic acids is 1. The molecule has 3 rings (SSSR count). The number of hydrogen-bond donors (Lipinski definition) is 2. The van der Waals surface area contributed by atoms with Crippen LogP contribution < -0.4 is 10.9 Å². The SMILES string of the molecule is O=C(Cn1nnc(-c2ccc(C(F)(F)F)cc2)n1)NNc1ccc(Cl)cc1. The molecule has 0 saturated carbocycles. The molecule has 1 aromatic heterocycles. The van der Waals surface area contributed by atoms with Crippen molar-refractivity contribution in [3.63, 3.8) is 0 Å². The number of carbonyl (C=O) groups is 1. The largest absolute Gasteiger partial charge is 0.416 e. The van der Waals surface area contributed by atoms with Crippen LogP contribution >= 0.6 is 11.6 Å². The van der Waals surface area contributed by atoms with Gasteiger partial charge in [-0.25, -0.2) is 0 Å².